The van der Waals surface area contributed by atoms with Crippen LogP contribution in [-0.2, 0) is 11.3 Å². The van der Waals surface area contributed by atoms with Gasteiger partial charge in [-0.3, -0.25) is 4.99 Å². The normalized spacial score (nSPS) is 16.9. The van der Waals surface area contributed by atoms with E-state index in [1.807, 2.05) is 6.07 Å². The van der Waals surface area contributed by atoms with Crippen molar-refractivity contribution in [2.24, 2.45) is 10.4 Å². The standard InChI is InChI=1S/C16H28N4O2.HI/c1-3-21-11-9-16(7-4-5-8-16)13-19-15(17-2)18-12-14-6-10-22-20-14;/h6,10H,3-5,7-9,11-13H2,1-2H3,(H2,17,18,19);1H. The first-order valence-corrected chi connectivity index (χ1v) is 8.19. The van der Waals surface area contributed by atoms with Crippen molar-refractivity contribution in [3.63, 3.8) is 0 Å². The summed E-state index contributed by atoms with van der Waals surface area (Å²) in [5.74, 6) is 0.811. The van der Waals surface area contributed by atoms with Gasteiger partial charge in [0.15, 0.2) is 5.96 Å². The van der Waals surface area contributed by atoms with Crippen LogP contribution in [0.4, 0.5) is 0 Å². The molecule has 0 amide bonds. The highest BCUT2D eigenvalue weighted by Gasteiger charge is 2.33. The molecule has 1 aliphatic carbocycles. The molecule has 2 rings (SSSR count). The van der Waals surface area contributed by atoms with Crippen molar-refractivity contribution in [3.05, 3.63) is 18.0 Å². The van der Waals surface area contributed by atoms with Crippen molar-refractivity contribution in [2.45, 2.75) is 45.6 Å². The van der Waals surface area contributed by atoms with Gasteiger partial charge >= 0.3 is 0 Å². The Hall–Kier alpha value is -0.830. The van der Waals surface area contributed by atoms with Crippen LogP contribution in [0.1, 0.15) is 44.7 Å². The Balaban J connectivity index is 0.00000264. The summed E-state index contributed by atoms with van der Waals surface area (Å²) in [5.41, 5.74) is 1.22. The van der Waals surface area contributed by atoms with Crippen LogP contribution >= 0.6 is 24.0 Å². The largest absolute Gasteiger partial charge is 0.382 e. The molecule has 0 spiro atoms. The maximum Gasteiger partial charge on any atom is 0.191 e. The number of nitrogens with zero attached hydrogens (tertiary/aromatic N) is 2. The van der Waals surface area contributed by atoms with E-state index in [1.54, 1.807) is 13.3 Å². The number of rotatable bonds is 8. The predicted molar refractivity (Wildman–Crippen MR) is 102 cm³/mol. The monoisotopic (exact) mass is 436 g/mol. The predicted octanol–water partition coefficient (Wildman–Crippen LogP) is 2.94. The van der Waals surface area contributed by atoms with Crippen LogP contribution < -0.4 is 10.6 Å². The molecule has 1 aliphatic rings. The Kier molecular flexibility index (Phi) is 9.54. The number of aromatic nitrogens is 1. The van der Waals surface area contributed by atoms with Crippen LogP contribution in [0.3, 0.4) is 0 Å². The second kappa shape index (κ2) is 10.9. The average Bonchev–Trinajstić information content (AvgIpc) is 3.20. The molecular formula is C16H29IN4O2. The van der Waals surface area contributed by atoms with Gasteiger partial charge in [-0.1, -0.05) is 18.0 Å². The number of halogens is 1. The number of hydrogen-bond donors (Lipinski definition) is 2. The van der Waals surface area contributed by atoms with Gasteiger partial charge in [0.2, 0.25) is 0 Å². The van der Waals surface area contributed by atoms with Crippen LogP contribution in [-0.4, -0.2) is 37.9 Å². The van der Waals surface area contributed by atoms with Crippen molar-refractivity contribution in [1.29, 1.82) is 0 Å². The zero-order valence-corrected chi connectivity index (χ0v) is 16.5. The van der Waals surface area contributed by atoms with Gasteiger partial charge in [-0.05, 0) is 31.6 Å². The van der Waals surface area contributed by atoms with E-state index in [2.05, 4.69) is 27.7 Å². The second-order valence-corrected chi connectivity index (χ2v) is 5.92. The lowest BCUT2D eigenvalue weighted by Gasteiger charge is -2.30. The molecule has 1 saturated carbocycles. The molecule has 1 aromatic heterocycles. The lowest BCUT2D eigenvalue weighted by atomic mass is 9.83. The zero-order valence-electron chi connectivity index (χ0n) is 14.1. The first-order chi connectivity index (χ1) is 10.8. The zero-order chi connectivity index (χ0) is 15.7. The first kappa shape index (κ1) is 20.2. The van der Waals surface area contributed by atoms with Crippen molar-refractivity contribution < 1.29 is 9.26 Å². The fourth-order valence-corrected chi connectivity index (χ4v) is 3.07. The summed E-state index contributed by atoms with van der Waals surface area (Å²) in [7, 11) is 1.79. The Morgan fingerprint density at radius 2 is 2.17 bits per heavy atom. The van der Waals surface area contributed by atoms with E-state index in [0.717, 1.165) is 37.8 Å². The highest BCUT2D eigenvalue weighted by molar-refractivity contribution is 14.0. The van der Waals surface area contributed by atoms with Crippen LogP contribution in [0.5, 0.6) is 0 Å². The summed E-state index contributed by atoms with van der Waals surface area (Å²) in [5, 5.41) is 10.6. The Morgan fingerprint density at radius 1 is 1.39 bits per heavy atom. The molecule has 23 heavy (non-hydrogen) atoms. The number of aliphatic imine (C=N–C) groups is 1. The van der Waals surface area contributed by atoms with Gasteiger partial charge in [-0.15, -0.1) is 24.0 Å². The number of hydrogen-bond acceptors (Lipinski definition) is 4. The van der Waals surface area contributed by atoms with E-state index >= 15 is 0 Å². The summed E-state index contributed by atoms with van der Waals surface area (Å²) in [4.78, 5) is 4.28. The molecule has 1 fully saturated rings. The van der Waals surface area contributed by atoms with Crippen LogP contribution in [0.25, 0.3) is 0 Å². The smallest absolute Gasteiger partial charge is 0.191 e. The quantitative estimate of drug-likeness (QED) is 0.284. The minimum atomic E-state index is 0. The molecule has 1 heterocycles. The third kappa shape index (κ3) is 6.66. The Morgan fingerprint density at radius 3 is 2.78 bits per heavy atom. The molecule has 0 atom stereocenters. The molecule has 0 aromatic carbocycles. The maximum absolute atomic E-state index is 5.56. The van der Waals surface area contributed by atoms with Gasteiger partial charge in [0.05, 0.1) is 6.54 Å². The first-order valence-electron chi connectivity index (χ1n) is 8.19. The van der Waals surface area contributed by atoms with E-state index in [4.69, 9.17) is 9.26 Å². The van der Waals surface area contributed by atoms with Gasteiger partial charge in [0.1, 0.15) is 12.0 Å². The van der Waals surface area contributed by atoms with Crippen molar-refractivity contribution in [2.75, 3.05) is 26.8 Å². The molecule has 0 unspecified atom stereocenters. The average molecular weight is 436 g/mol. The van der Waals surface area contributed by atoms with Gasteiger partial charge < -0.3 is 19.9 Å². The van der Waals surface area contributed by atoms with Crippen LogP contribution in [0.2, 0.25) is 0 Å². The van der Waals surface area contributed by atoms with Crippen LogP contribution in [0.15, 0.2) is 21.8 Å². The van der Waals surface area contributed by atoms with Gasteiger partial charge in [-0.2, -0.15) is 0 Å². The molecule has 132 valence electrons. The van der Waals surface area contributed by atoms with Crippen molar-refractivity contribution >= 4 is 29.9 Å². The van der Waals surface area contributed by atoms with E-state index in [1.165, 1.54) is 25.7 Å². The number of nitrogens with one attached hydrogen (secondary N) is 2. The van der Waals surface area contributed by atoms with Crippen molar-refractivity contribution in [3.8, 4) is 0 Å². The summed E-state index contributed by atoms with van der Waals surface area (Å²) in [6.07, 6.45) is 7.88. The molecule has 2 N–H and O–H groups in total. The molecule has 0 aliphatic heterocycles. The summed E-state index contributed by atoms with van der Waals surface area (Å²) >= 11 is 0. The topological polar surface area (TPSA) is 71.7 Å². The van der Waals surface area contributed by atoms with E-state index < -0.39 is 0 Å². The molecule has 1 aromatic rings. The fraction of sp³-hybridized carbons (Fsp3) is 0.750. The minimum Gasteiger partial charge on any atom is -0.382 e. The lowest BCUT2D eigenvalue weighted by Crippen LogP contribution is -2.43. The fourth-order valence-electron chi connectivity index (χ4n) is 3.07. The number of guanidine groups is 1. The van der Waals surface area contributed by atoms with E-state index in [0.29, 0.717) is 12.0 Å². The van der Waals surface area contributed by atoms with Gasteiger partial charge in [0.25, 0.3) is 0 Å². The molecule has 0 radical (unpaired) electrons. The highest BCUT2D eigenvalue weighted by atomic mass is 127. The molecule has 6 nitrogen and oxygen atoms in total. The Bertz CT molecular complexity index is 445. The van der Waals surface area contributed by atoms with E-state index in [9.17, 15) is 0 Å². The molecular weight excluding hydrogens is 407 g/mol. The SMILES string of the molecule is CCOCCC1(CNC(=NC)NCc2ccon2)CCCC1.I. The number of ether oxygens (including phenoxy) is 1. The minimum absolute atomic E-state index is 0. The highest BCUT2D eigenvalue weighted by Crippen LogP contribution is 2.40. The Labute approximate surface area is 155 Å². The molecule has 0 bridgehead atoms. The molecule has 0 saturated heterocycles. The third-order valence-corrected chi connectivity index (χ3v) is 4.43. The summed E-state index contributed by atoms with van der Waals surface area (Å²) in [6, 6.07) is 1.85. The third-order valence-electron chi connectivity index (χ3n) is 4.43. The van der Waals surface area contributed by atoms with E-state index in [-0.39, 0.29) is 24.0 Å². The molecule has 7 heteroatoms. The summed E-state index contributed by atoms with van der Waals surface area (Å²) in [6.45, 7) is 5.25. The summed E-state index contributed by atoms with van der Waals surface area (Å²) < 4.78 is 10.4. The van der Waals surface area contributed by atoms with Gasteiger partial charge in [0, 0.05) is 32.9 Å². The maximum atomic E-state index is 5.56. The van der Waals surface area contributed by atoms with Crippen molar-refractivity contribution in [1.82, 2.24) is 15.8 Å². The van der Waals surface area contributed by atoms with Crippen LogP contribution in [0, 0.1) is 5.41 Å². The second-order valence-electron chi connectivity index (χ2n) is 5.92. The lowest BCUT2D eigenvalue weighted by molar-refractivity contribution is 0.105. The van der Waals surface area contributed by atoms with Gasteiger partial charge in [-0.25, -0.2) is 0 Å².